The molecule has 1 aromatic heterocycles. The van der Waals surface area contributed by atoms with Crippen LogP contribution in [0.25, 0.3) is 0 Å². The number of esters is 1. The molecular formula is C22H23ClN4O5S. The van der Waals surface area contributed by atoms with Gasteiger partial charge in [-0.15, -0.1) is 11.3 Å². The van der Waals surface area contributed by atoms with Crippen molar-refractivity contribution in [3.63, 3.8) is 0 Å². The molecule has 2 fully saturated rings. The topological polar surface area (TPSA) is 109 Å². The van der Waals surface area contributed by atoms with Gasteiger partial charge in [0, 0.05) is 10.4 Å². The molecule has 9 nitrogen and oxygen atoms in total. The van der Waals surface area contributed by atoms with Gasteiger partial charge >= 0.3 is 12.0 Å². The Balaban J connectivity index is 1.68. The maximum Gasteiger partial charge on any atom is 0.357 e. The summed E-state index contributed by atoms with van der Waals surface area (Å²) >= 11 is 7.09. The number of amides is 4. The number of anilines is 2. The van der Waals surface area contributed by atoms with Gasteiger partial charge in [-0.1, -0.05) is 24.4 Å². The van der Waals surface area contributed by atoms with E-state index in [9.17, 15) is 19.2 Å². The van der Waals surface area contributed by atoms with Crippen molar-refractivity contribution < 1.29 is 23.9 Å². The van der Waals surface area contributed by atoms with Crippen LogP contribution in [0.1, 0.15) is 50.0 Å². The van der Waals surface area contributed by atoms with Crippen LogP contribution in [-0.4, -0.2) is 51.9 Å². The maximum absolute atomic E-state index is 13.7. The van der Waals surface area contributed by atoms with Gasteiger partial charge in [0.05, 0.1) is 12.3 Å². The summed E-state index contributed by atoms with van der Waals surface area (Å²) in [7, 11) is 0. The quantitative estimate of drug-likeness (QED) is 0.486. The summed E-state index contributed by atoms with van der Waals surface area (Å²) in [4.78, 5) is 58.2. The van der Waals surface area contributed by atoms with Crippen molar-refractivity contribution in [3.8, 4) is 0 Å². The molecule has 4 amide bonds. The molecule has 174 valence electrons. The molecule has 2 aromatic rings. The zero-order valence-corrected chi connectivity index (χ0v) is 19.7. The Kier molecular flexibility index (Phi) is 6.40. The van der Waals surface area contributed by atoms with Gasteiger partial charge in [0.2, 0.25) is 0 Å². The summed E-state index contributed by atoms with van der Waals surface area (Å²) in [6.45, 7) is 3.39. The molecule has 1 N–H and O–H groups in total. The molecule has 4 rings (SSSR count). The molecule has 1 atom stereocenters. The highest BCUT2D eigenvalue weighted by molar-refractivity contribution is 7.14. The van der Waals surface area contributed by atoms with Gasteiger partial charge in [0.15, 0.2) is 10.8 Å². The van der Waals surface area contributed by atoms with Gasteiger partial charge in [-0.3, -0.25) is 14.5 Å². The summed E-state index contributed by atoms with van der Waals surface area (Å²) in [5.74, 6) is -1.53. The van der Waals surface area contributed by atoms with E-state index >= 15 is 0 Å². The van der Waals surface area contributed by atoms with Crippen LogP contribution >= 0.6 is 22.9 Å². The van der Waals surface area contributed by atoms with Crippen LogP contribution in [0.15, 0.2) is 29.6 Å². The molecule has 0 radical (unpaired) electrons. The number of urea groups is 1. The lowest BCUT2D eigenvalue weighted by molar-refractivity contribution is -0.136. The first kappa shape index (κ1) is 23.2. The van der Waals surface area contributed by atoms with Gasteiger partial charge < -0.3 is 10.1 Å². The van der Waals surface area contributed by atoms with Crippen LogP contribution < -0.4 is 10.2 Å². The highest BCUT2D eigenvalue weighted by Crippen LogP contribution is 2.37. The lowest BCUT2D eigenvalue weighted by Gasteiger charge is -2.28. The first-order valence-corrected chi connectivity index (χ1v) is 11.9. The average Bonchev–Trinajstić information content (AvgIpc) is 3.51. The number of benzene rings is 1. The second-order valence-corrected chi connectivity index (χ2v) is 9.23. The number of imide groups is 1. The summed E-state index contributed by atoms with van der Waals surface area (Å²) in [5, 5.41) is 4.98. The van der Waals surface area contributed by atoms with E-state index in [4.69, 9.17) is 16.3 Å². The average molecular weight is 491 g/mol. The van der Waals surface area contributed by atoms with E-state index in [1.807, 2.05) is 0 Å². The predicted octanol–water partition coefficient (Wildman–Crippen LogP) is 3.89. The van der Waals surface area contributed by atoms with Gasteiger partial charge in [0.1, 0.15) is 11.6 Å². The van der Waals surface area contributed by atoms with Crippen LogP contribution in [0.5, 0.6) is 0 Å². The van der Waals surface area contributed by atoms with Crippen molar-refractivity contribution in [2.24, 2.45) is 0 Å². The molecule has 2 aliphatic rings. The molecule has 1 unspecified atom stereocenters. The Morgan fingerprint density at radius 2 is 1.94 bits per heavy atom. The minimum Gasteiger partial charge on any atom is -0.461 e. The number of carbonyl (C=O) groups is 4. The molecule has 33 heavy (non-hydrogen) atoms. The number of rotatable bonds is 6. The van der Waals surface area contributed by atoms with Crippen LogP contribution in [-0.2, 0) is 14.3 Å². The number of nitrogens with one attached hydrogen (secondary N) is 1. The van der Waals surface area contributed by atoms with E-state index in [1.54, 1.807) is 31.2 Å². The van der Waals surface area contributed by atoms with Gasteiger partial charge in [-0.2, -0.15) is 0 Å². The largest absolute Gasteiger partial charge is 0.461 e. The van der Waals surface area contributed by atoms with E-state index in [0.29, 0.717) is 23.6 Å². The van der Waals surface area contributed by atoms with E-state index in [0.717, 1.165) is 29.1 Å². The molecule has 1 aliphatic carbocycles. The Hall–Kier alpha value is -2.98. The summed E-state index contributed by atoms with van der Waals surface area (Å²) < 4.78 is 4.99. The van der Waals surface area contributed by atoms with E-state index in [2.05, 4.69) is 10.3 Å². The number of ether oxygens (including phenoxy) is 1. The van der Waals surface area contributed by atoms with E-state index in [1.165, 1.54) is 17.2 Å². The Morgan fingerprint density at radius 1 is 1.27 bits per heavy atom. The number of thiazole rings is 1. The first-order chi connectivity index (χ1) is 15.8. The van der Waals surface area contributed by atoms with Crippen LogP contribution in [0.4, 0.5) is 15.6 Å². The standard InChI is InChI=1S/C22H23ClN4O5S/c1-3-32-18(29)16-12-33-21(24-16)27(15-8-6-14(23)7-9-15)17(28)13(2)26-19(30)22(25-20(26)31)10-4-5-11-22/h6-9,12-13H,3-5,10-11H2,1-2H3,(H,25,31). The van der Waals surface area contributed by atoms with Gasteiger partial charge in [-0.25, -0.2) is 19.5 Å². The molecule has 2 heterocycles. The highest BCUT2D eigenvalue weighted by Gasteiger charge is 2.55. The molecule has 1 saturated heterocycles. The van der Waals surface area contributed by atoms with Crippen molar-refractivity contribution >= 4 is 57.6 Å². The summed E-state index contributed by atoms with van der Waals surface area (Å²) in [5.41, 5.74) is -0.422. The van der Waals surface area contributed by atoms with Crippen LogP contribution in [0.3, 0.4) is 0 Å². The van der Waals surface area contributed by atoms with E-state index in [-0.39, 0.29) is 23.3 Å². The fraction of sp³-hybridized carbons (Fsp3) is 0.409. The Bertz CT molecular complexity index is 1100. The number of hydrogen-bond acceptors (Lipinski definition) is 7. The molecular weight excluding hydrogens is 468 g/mol. The number of hydrogen-bond donors (Lipinski definition) is 1. The lowest BCUT2D eigenvalue weighted by Crippen LogP contribution is -2.50. The number of nitrogens with zero attached hydrogens (tertiary/aromatic N) is 3. The van der Waals surface area contributed by atoms with Crippen LogP contribution in [0.2, 0.25) is 5.02 Å². The normalized spacial score (nSPS) is 17.8. The van der Waals surface area contributed by atoms with Crippen molar-refractivity contribution in [2.45, 2.75) is 51.1 Å². The van der Waals surface area contributed by atoms with Crippen molar-refractivity contribution in [1.29, 1.82) is 0 Å². The molecule has 1 saturated carbocycles. The van der Waals surface area contributed by atoms with Gasteiger partial charge in [-0.05, 0) is 51.0 Å². The molecule has 0 bridgehead atoms. The van der Waals surface area contributed by atoms with Gasteiger partial charge in [0.25, 0.3) is 11.8 Å². The SMILES string of the molecule is CCOC(=O)c1csc(N(C(=O)C(C)N2C(=O)NC3(CCCC3)C2=O)c2ccc(Cl)cc2)n1. The third-order valence-electron chi connectivity index (χ3n) is 5.87. The highest BCUT2D eigenvalue weighted by atomic mass is 35.5. The Morgan fingerprint density at radius 3 is 2.58 bits per heavy atom. The zero-order valence-electron chi connectivity index (χ0n) is 18.2. The third kappa shape index (κ3) is 4.20. The Labute approximate surface area is 199 Å². The fourth-order valence-corrected chi connectivity index (χ4v) is 5.14. The fourth-order valence-electron chi connectivity index (χ4n) is 4.20. The third-order valence-corrected chi connectivity index (χ3v) is 6.95. The maximum atomic E-state index is 13.7. The van der Waals surface area contributed by atoms with Crippen molar-refractivity contribution in [3.05, 3.63) is 40.4 Å². The molecule has 1 aliphatic heterocycles. The van der Waals surface area contributed by atoms with Crippen molar-refractivity contribution in [2.75, 3.05) is 11.5 Å². The monoisotopic (exact) mass is 490 g/mol. The van der Waals surface area contributed by atoms with Crippen molar-refractivity contribution in [1.82, 2.24) is 15.2 Å². The second-order valence-electron chi connectivity index (χ2n) is 7.96. The smallest absolute Gasteiger partial charge is 0.357 e. The number of halogens is 1. The molecule has 11 heteroatoms. The van der Waals surface area contributed by atoms with Crippen LogP contribution in [0, 0.1) is 0 Å². The second kappa shape index (κ2) is 9.11. The lowest BCUT2D eigenvalue weighted by atomic mass is 9.97. The van der Waals surface area contributed by atoms with E-state index < -0.39 is 29.5 Å². The molecule has 1 aromatic carbocycles. The minimum atomic E-state index is -1.09. The number of carbonyl (C=O) groups excluding carboxylic acids is 4. The molecule has 1 spiro atoms. The summed E-state index contributed by atoms with van der Waals surface area (Å²) in [6.07, 6.45) is 2.81. The zero-order chi connectivity index (χ0) is 23.8. The minimum absolute atomic E-state index is 0.0659. The first-order valence-electron chi connectivity index (χ1n) is 10.7. The predicted molar refractivity (Wildman–Crippen MR) is 123 cm³/mol. The summed E-state index contributed by atoms with van der Waals surface area (Å²) in [6, 6.07) is 4.81. The number of aromatic nitrogens is 1.